The summed E-state index contributed by atoms with van der Waals surface area (Å²) in [5.74, 6) is 0. The van der Waals surface area contributed by atoms with Crippen LogP contribution in [-0.2, 0) is 6.54 Å². The van der Waals surface area contributed by atoms with Gasteiger partial charge in [-0.05, 0) is 36.9 Å². The predicted molar refractivity (Wildman–Crippen MR) is 104 cm³/mol. The zero-order chi connectivity index (χ0) is 18.7. The minimum atomic E-state index is -0.263. The van der Waals surface area contributed by atoms with Crippen LogP contribution < -0.4 is 10.9 Å². The second kappa shape index (κ2) is 8.12. The first-order chi connectivity index (χ1) is 12.4. The third kappa shape index (κ3) is 4.38. The highest BCUT2D eigenvalue weighted by Gasteiger charge is 2.19. The molecule has 26 heavy (non-hydrogen) atoms. The zero-order valence-corrected chi connectivity index (χ0v) is 15.9. The van der Waals surface area contributed by atoms with Crippen molar-refractivity contribution in [2.45, 2.75) is 6.54 Å². The van der Waals surface area contributed by atoms with Crippen LogP contribution in [0, 0.1) is 0 Å². The number of piperazine rings is 1. The molecule has 0 radical (unpaired) electrons. The number of benzene rings is 1. The van der Waals surface area contributed by atoms with E-state index in [1.807, 2.05) is 13.1 Å². The highest BCUT2D eigenvalue weighted by Crippen LogP contribution is 2.22. The van der Waals surface area contributed by atoms with Crippen LogP contribution >= 0.6 is 23.2 Å². The molecule has 1 fully saturated rings. The Morgan fingerprint density at radius 1 is 1.12 bits per heavy atom. The highest BCUT2D eigenvalue weighted by molar-refractivity contribution is 6.42. The number of aromatic nitrogens is 1. The summed E-state index contributed by atoms with van der Waals surface area (Å²) < 4.78 is 1.53. The van der Waals surface area contributed by atoms with E-state index in [1.165, 1.54) is 4.57 Å². The van der Waals surface area contributed by atoms with Crippen molar-refractivity contribution in [2.24, 2.45) is 0 Å². The SMILES string of the molecule is CN1CCN(C(=O)Nc2cccn(Cc3ccc(Cl)c(Cl)c3)c2=O)CC1. The second-order valence-electron chi connectivity index (χ2n) is 6.32. The van der Waals surface area contributed by atoms with Crippen LogP contribution in [0.2, 0.25) is 10.0 Å². The summed E-state index contributed by atoms with van der Waals surface area (Å²) in [6, 6.07) is 8.34. The maximum Gasteiger partial charge on any atom is 0.322 e. The smallest absolute Gasteiger partial charge is 0.322 e. The van der Waals surface area contributed by atoms with Crippen LogP contribution in [0.5, 0.6) is 0 Å². The van der Waals surface area contributed by atoms with Gasteiger partial charge in [0.2, 0.25) is 0 Å². The molecule has 8 heteroatoms. The lowest BCUT2D eigenvalue weighted by molar-refractivity contribution is 0.164. The average molecular weight is 395 g/mol. The number of hydrogen-bond donors (Lipinski definition) is 1. The number of rotatable bonds is 3. The van der Waals surface area contributed by atoms with Gasteiger partial charge in [-0.3, -0.25) is 4.79 Å². The quantitative estimate of drug-likeness (QED) is 0.870. The van der Waals surface area contributed by atoms with Gasteiger partial charge in [0.05, 0.1) is 16.6 Å². The zero-order valence-electron chi connectivity index (χ0n) is 14.4. The number of pyridine rings is 1. The molecule has 6 nitrogen and oxygen atoms in total. The summed E-state index contributed by atoms with van der Waals surface area (Å²) in [7, 11) is 2.02. The number of nitrogens with one attached hydrogen (secondary N) is 1. The van der Waals surface area contributed by atoms with Crippen molar-refractivity contribution < 1.29 is 4.79 Å². The Bertz CT molecular complexity index is 861. The number of carbonyl (C=O) groups excluding carboxylic acids is 1. The van der Waals surface area contributed by atoms with Crippen molar-refractivity contribution in [3.8, 4) is 0 Å². The number of anilines is 1. The van der Waals surface area contributed by atoms with E-state index in [-0.39, 0.29) is 17.3 Å². The Morgan fingerprint density at radius 2 is 1.85 bits per heavy atom. The molecule has 1 aliphatic heterocycles. The molecule has 0 saturated carbocycles. The standard InChI is InChI=1S/C18H20Cl2N4O2/c1-22-7-9-23(10-8-22)18(26)21-16-3-2-6-24(17(16)25)12-13-4-5-14(19)15(20)11-13/h2-6,11H,7-10,12H2,1H3,(H,21,26). The van der Waals surface area contributed by atoms with Crippen molar-refractivity contribution >= 4 is 34.9 Å². The van der Waals surface area contributed by atoms with E-state index in [4.69, 9.17) is 23.2 Å². The van der Waals surface area contributed by atoms with Crippen LogP contribution in [0.25, 0.3) is 0 Å². The van der Waals surface area contributed by atoms with E-state index in [0.717, 1.165) is 18.7 Å². The van der Waals surface area contributed by atoms with E-state index in [1.54, 1.807) is 35.4 Å². The minimum absolute atomic E-state index is 0.248. The van der Waals surface area contributed by atoms with Crippen molar-refractivity contribution in [1.29, 1.82) is 0 Å². The molecule has 2 heterocycles. The molecule has 0 spiro atoms. The number of carbonyl (C=O) groups is 1. The Morgan fingerprint density at radius 3 is 2.54 bits per heavy atom. The molecule has 2 amide bonds. The van der Waals surface area contributed by atoms with Gasteiger partial charge in [-0.15, -0.1) is 0 Å². The van der Waals surface area contributed by atoms with Crippen LogP contribution in [0.1, 0.15) is 5.56 Å². The van der Waals surface area contributed by atoms with Gasteiger partial charge in [0.25, 0.3) is 5.56 Å². The van der Waals surface area contributed by atoms with Gasteiger partial charge >= 0.3 is 6.03 Å². The summed E-state index contributed by atoms with van der Waals surface area (Å²) in [5.41, 5.74) is 0.849. The van der Waals surface area contributed by atoms with Crippen LogP contribution in [-0.4, -0.2) is 53.6 Å². The summed E-state index contributed by atoms with van der Waals surface area (Å²) >= 11 is 12.0. The summed E-state index contributed by atoms with van der Waals surface area (Å²) in [4.78, 5) is 28.9. The lowest BCUT2D eigenvalue weighted by atomic mass is 10.2. The lowest BCUT2D eigenvalue weighted by Crippen LogP contribution is -2.49. The largest absolute Gasteiger partial charge is 0.322 e. The number of amides is 2. The first-order valence-corrected chi connectivity index (χ1v) is 9.07. The molecule has 1 aromatic carbocycles. The topological polar surface area (TPSA) is 57.6 Å². The maximum absolute atomic E-state index is 12.7. The van der Waals surface area contributed by atoms with Gasteiger partial charge in [-0.2, -0.15) is 0 Å². The van der Waals surface area contributed by atoms with E-state index < -0.39 is 0 Å². The van der Waals surface area contributed by atoms with Gasteiger partial charge in [0.1, 0.15) is 5.69 Å². The molecule has 0 aliphatic carbocycles. The monoisotopic (exact) mass is 394 g/mol. The number of nitrogens with zero attached hydrogens (tertiary/aromatic N) is 3. The van der Waals surface area contributed by atoms with E-state index in [0.29, 0.717) is 29.7 Å². The van der Waals surface area contributed by atoms with Gasteiger partial charge in [0.15, 0.2) is 0 Å². The third-order valence-corrected chi connectivity index (χ3v) is 5.13. The van der Waals surface area contributed by atoms with Crippen LogP contribution in [0.3, 0.4) is 0 Å². The Kier molecular flexibility index (Phi) is 5.86. The van der Waals surface area contributed by atoms with Crippen molar-refractivity contribution in [3.05, 3.63) is 62.5 Å². The van der Waals surface area contributed by atoms with Crippen molar-refractivity contribution in [3.63, 3.8) is 0 Å². The maximum atomic E-state index is 12.7. The average Bonchev–Trinajstić information content (AvgIpc) is 2.62. The number of likely N-dealkylation sites (N-methyl/N-ethyl adjacent to an activating group) is 1. The van der Waals surface area contributed by atoms with E-state index in [2.05, 4.69) is 10.2 Å². The summed E-state index contributed by atoms with van der Waals surface area (Å²) in [6.45, 7) is 3.28. The fraction of sp³-hybridized carbons (Fsp3) is 0.333. The number of hydrogen-bond acceptors (Lipinski definition) is 3. The first-order valence-electron chi connectivity index (χ1n) is 8.32. The molecule has 138 valence electrons. The third-order valence-electron chi connectivity index (χ3n) is 4.39. The molecule has 2 aromatic rings. The first kappa shape index (κ1) is 18.8. The van der Waals surface area contributed by atoms with Gasteiger partial charge in [-0.25, -0.2) is 4.79 Å². The Labute approximate surface area is 161 Å². The van der Waals surface area contributed by atoms with E-state index in [9.17, 15) is 9.59 Å². The fourth-order valence-corrected chi connectivity index (χ4v) is 3.12. The molecular weight excluding hydrogens is 375 g/mol. The molecule has 1 aliphatic rings. The molecule has 0 bridgehead atoms. The second-order valence-corrected chi connectivity index (χ2v) is 7.14. The fourth-order valence-electron chi connectivity index (χ4n) is 2.79. The number of halogens is 2. The molecular formula is C18H20Cl2N4O2. The highest BCUT2D eigenvalue weighted by atomic mass is 35.5. The van der Waals surface area contributed by atoms with Crippen LogP contribution in [0.15, 0.2) is 41.3 Å². The van der Waals surface area contributed by atoms with Crippen molar-refractivity contribution in [2.75, 3.05) is 38.5 Å². The lowest BCUT2D eigenvalue weighted by Gasteiger charge is -2.32. The molecule has 1 aromatic heterocycles. The molecule has 1 N–H and O–H groups in total. The van der Waals surface area contributed by atoms with Crippen molar-refractivity contribution in [1.82, 2.24) is 14.4 Å². The molecule has 0 unspecified atom stereocenters. The van der Waals surface area contributed by atoms with Crippen LogP contribution in [0.4, 0.5) is 10.5 Å². The summed E-state index contributed by atoms with van der Waals surface area (Å²) in [6.07, 6.45) is 1.68. The molecule has 1 saturated heterocycles. The van der Waals surface area contributed by atoms with Gasteiger partial charge in [-0.1, -0.05) is 29.3 Å². The van der Waals surface area contributed by atoms with E-state index >= 15 is 0 Å². The Hall–Kier alpha value is -2.02. The Balaban J connectivity index is 1.73. The molecule has 3 rings (SSSR count). The summed E-state index contributed by atoms with van der Waals surface area (Å²) in [5, 5.41) is 3.64. The minimum Gasteiger partial charge on any atom is -0.322 e. The van der Waals surface area contributed by atoms with Gasteiger partial charge < -0.3 is 19.7 Å². The van der Waals surface area contributed by atoms with Gasteiger partial charge in [0, 0.05) is 32.4 Å². The number of urea groups is 1. The molecule has 0 atom stereocenters. The normalized spacial score (nSPS) is 15.1. The predicted octanol–water partition coefficient (Wildman–Crippen LogP) is 2.98.